The molecule has 0 fully saturated rings. The van der Waals surface area contributed by atoms with Crippen LogP contribution in [0, 0.1) is 0 Å². The van der Waals surface area contributed by atoms with Crippen LogP contribution >= 0.6 is 0 Å². The van der Waals surface area contributed by atoms with Crippen LogP contribution in [0.3, 0.4) is 0 Å². The van der Waals surface area contributed by atoms with Crippen LogP contribution in [-0.4, -0.2) is 30.6 Å². The van der Waals surface area contributed by atoms with Crippen LogP contribution in [-0.2, 0) is 0 Å². The maximum absolute atomic E-state index is 9.44. The molecule has 14 heavy (non-hydrogen) atoms. The molecule has 3 nitrogen and oxygen atoms in total. The van der Waals surface area contributed by atoms with E-state index < -0.39 is 0 Å². The summed E-state index contributed by atoms with van der Waals surface area (Å²) in [5.74, 6) is 0.347. The van der Waals surface area contributed by atoms with Gasteiger partial charge in [0, 0.05) is 18.3 Å². The highest BCUT2D eigenvalue weighted by Crippen LogP contribution is 2.34. The number of hydrogen-bond acceptors (Lipinski definition) is 3. The minimum absolute atomic E-state index is 0.347. The Balaban J connectivity index is 2.41. The second-order valence-electron chi connectivity index (χ2n) is 3.97. The smallest absolute Gasteiger partial charge is 0.116 e. The molecule has 0 amide bonds. The van der Waals surface area contributed by atoms with Crippen LogP contribution in [0.15, 0.2) is 18.2 Å². The third-order valence-electron chi connectivity index (χ3n) is 2.75. The van der Waals surface area contributed by atoms with Crippen molar-refractivity contribution in [3.8, 4) is 5.75 Å². The predicted octanol–water partition coefficient (Wildman–Crippen LogP) is 1.81. The predicted molar refractivity (Wildman–Crippen MR) is 57.6 cm³/mol. The largest absolute Gasteiger partial charge is 0.508 e. The van der Waals surface area contributed by atoms with Crippen LogP contribution in [0.2, 0.25) is 0 Å². The van der Waals surface area contributed by atoms with Gasteiger partial charge in [-0.25, -0.2) is 0 Å². The van der Waals surface area contributed by atoms with Crippen molar-refractivity contribution in [2.75, 3.05) is 26.0 Å². The molecule has 2 rings (SSSR count). The van der Waals surface area contributed by atoms with E-state index in [1.807, 2.05) is 12.1 Å². The highest BCUT2D eigenvalue weighted by Gasteiger charge is 2.21. The van der Waals surface area contributed by atoms with Crippen LogP contribution in [0.1, 0.15) is 18.0 Å². The fraction of sp³-hybridized carbons (Fsp3) is 0.455. The van der Waals surface area contributed by atoms with E-state index in [4.69, 9.17) is 0 Å². The third-order valence-corrected chi connectivity index (χ3v) is 2.75. The zero-order valence-electron chi connectivity index (χ0n) is 8.62. The van der Waals surface area contributed by atoms with Crippen LogP contribution < -0.4 is 5.32 Å². The second-order valence-corrected chi connectivity index (χ2v) is 3.97. The number of nitrogens with one attached hydrogen (secondary N) is 1. The topological polar surface area (TPSA) is 35.5 Å². The molecule has 3 heteroatoms. The quantitative estimate of drug-likeness (QED) is 0.666. The summed E-state index contributed by atoms with van der Waals surface area (Å²) >= 11 is 0. The zero-order chi connectivity index (χ0) is 10.1. The first-order valence-corrected chi connectivity index (χ1v) is 4.91. The standard InChI is InChI=1S/C11H16N2O/c1-13(2)11-5-6-12-10-4-3-8(14)7-9(10)11/h3-4,7,11-12,14H,5-6H2,1-2H3. The molecule has 1 aromatic rings. The number of phenols is 1. The van der Waals surface area contributed by atoms with Crippen LogP contribution in [0.4, 0.5) is 5.69 Å². The van der Waals surface area contributed by atoms with Gasteiger partial charge in [0.2, 0.25) is 0 Å². The SMILES string of the molecule is CN(C)C1CCNc2ccc(O)cc21. The molecule has 1 heterocycles. The average molecular weight is 192 g/mol. The monoisotopic (exact) mass is 192 g/mol. The van der Waals surface area contributed by atoms with Gasteiger partial charge in [0.1, 0.15) is 5.75 Å². The van der Waals surface area contributed by atoms with Gasteiger partial charge >= 0.3 is 0 Å². The van der Waals surface area contributed by atoms with Crippen molar-refractivity contribution in [3.05, 3.63) is 23.8 Å². The van der Waals surface area contributed by atoms with Gasteiger partial charge in [0.05, 0.1) is 0 Å². The molecule has 1 aliphatic heterocycles. The summed E-state index contributed by atoms with van der Waals surface area (Å²) in [5.41, 5.74) is 2.34. The summed E-state index contributed by atoms with van der Waals surface area (Å²) in [6.45, 7) is 1.00. The normalized spacial score (nSPS) is 20.4. The Labute approximate surface area is 84.4 Å². The summed E-state index contributed by atoms with van der Waals surface area (Å²) in [7, 11) is 4.15. The van der Waals surface area contributed by atoms with Crippen LogP contribution in [0.25, 0.3) is 0 Å². The van der Waals surface area contributed by atoms with Crippen molar-refractivity contribution < 1.29 is 5.11 Å². The molecule has 1 unspecified atom stereocenters. The number of phenolic OH excluding ortho intramolecular Hbond substituents is 1. The lowest BCUT2D eigenvalue weighted by Gasteiger charge is -2.31. The minimum Gasteiger partial charge on any atom is -0.508 e. The van der Waals surface area contributed by atoms with E-state index in [-0.39, 0.29) is 0 Å². The Morgan fingerprint density at radius 3 is 2.93 bits per heavy atom. The first kappa shape index (κ1) is 9.34. The number of nitrogens with zero attached hydrogens (tertiary/aromatic N) is 1. The molecule has 0 radical (unpaired) electrons. The number of fused-ring (bicyclic) bond motifs is 1. The van der Waals surface area contributed by atoms with Crippen LogP contribution in [0.5, 0.6) is 5.75 Å². The molecule has 0 saturated carbocycles. The molecule has 2 N–H and O–H groups in total. The maximum atomic E-state index is 9.44. The van der Waals surface area contributed by atoms with Crippen molar-refractivity contribution in [2.24, 2.45) is 0 Å². The van der Waals surface area contributed by atoms with Gasteiger partial charge in [0.25, 0.3) is 0 Å². The van der Waals surface area contributed by atoms with Gasteiger partial charge in [-0.2, -0.15) is 0 Å². The van der Waals surface area contributed by atoms with E-state index in [1.54, 1.807) is 6.07 Å². The van der Waals surface area contributed by atoms with E-state index >= 15 is 0 Å². The van der Waals surface area contributed by atoms with Gasteiger partial charge in [0.15, 0.2) is 0 Å². The Bertz CT molecular complexity index is 336. The van der Waals surface area contributed by atoms with Gasteiger partial charge < -0.3 is 15.3 Å². The first-order chi connectivity index (χ1) is 6.68. The van der Waals surface area contributed by atoms with Crippen molar-refractivity contribution in [3.63, 3.8) is 0 Å². The molecule has 1 atom stereocenters. The van der Waals surface area contributed by atoms with E-state index in [0.717, 1.165) is 18.7 Å². The summed E-state index contributed by atoms with van der Waals surface area (Å²) in [4.78, 5) is 2.19. The summed E-state index contributed by atoms with van der Waals surface area (Å²) < 4.78 is 0. The molecule has 1 aliphatic rings. The van der Waals surface area contributed by atoms with E-state index in [9.17, 15) is 5.11 Å². The highest BCUT2D eigenvalue weighted by molar-refractivity contribution is 5.57. The number of hydrogen-bond donors (Lipinski definition) is 2. The lowest BCUT2D eigenvalue weighted by Crippen LogP contribution is -2.27. The first-order valence-electron chi connectivity index (χ1n) is 4.91. The Morgan fingerprint density at radius 2 is 2.21 bits per heavy atom. The van der Waals surface area contributed by atoms with Crippen molar-refractivity contribution in [1.29, 1.82) is 0 Å². The molecule has 0 bridgehead atoms. The van der Waals surface area contributed by atoms with Gasteiger partial charge in [-0.15, -0.1) is 0 Å². The summed E-state index contributed by atoms with van der Waals surface area (Å²) in [6.07, 6.45) is 1.09. The van der Waals surface area contributed by atoms with Gasteiger partial charge in [-0.05, 0) is 44.3 Å². The van der Waals surface area contributed by atoms with Crippen molar-refractivity contribution in [2.45, 2.75) is 12.5 Å². The molecule has 0 aliphatic carbocycles. The molecule has 1 aromatic carbocycles. The molecular weight excluding hydrogens is 176 g/mol. The number of anilines is 1. The van der Waals surface area contributed by atoms with Crippen molar-refractivity contribution in [1.82, 2.24) is 4.90 Å². The van der Waals surface area contributed by atoms with E-state index in [2.05, 4.69) is 24.3 Å². The van der Waals surface area contributed by atoms with Gasteiger partial charge in [-0.1, -0.05) is 0 Å². The van der Waals surface area contributed by atoms with Crippen molar-refractivity contribution >= 4 is 5.69 Å². The summed E-state index contributed by atoms with van der Waals surface area (Å²) in [5, 5.41) is 12.8. The Kier molecular flexibility index (Phi) is 2.33. The summed E-state index contributed by atoms with van der Waals surface area (Å²) in [6, 6.07) is 5.94. The average Bonchev–Trinajstić information content (AvgIpc) is 2.16. The third kappa shape index (κ3) is 1.55. The fourth-order valence-electron chi connectivity index (χ4n) is 2.02. The van der Waals surface area contributed by atoms with E-state index in [0.29, 0.717) is 11.8 Å². The lowest BCUT2D eigenvalue weighted by atomic mass is 9.97. The number of aromatic hydroxyl groups is 1. The molecule has 0 spiro atoms. The molecule has 0 saturated heterocycles. The molecular formula is C11H16N2O. The fourth-order valence-corrected chi connectivity index (χ4v) is 2.02. The molecule has 76 valence electrons. The number of rotatable bonds is 1. The zero-order valence-corrected chi connectivity index (χ0v) is 8.62. The second kappa shape index (κ2) is 3.50. The van der Waals surface area contributed by atoms with Gasteiger partial charge in [-0.3, -0.25) is 0 Å². The van der Waals surface area contributed by atoms with E-state index in [1.165, 1.54) is 5.56 Å². The minimum atomic E-state index is 0.347. The number of benzene rings is 1. The maximum Gasteiger partial charge on any atom is 0.116 e. The Morgan fingerprint density at radius 1 is 1.43 bits per heavy atom. The highest BCUT2D eigenvalue weighted by atomic mass is 16.3. The Hall–Kier alpha value is -1.22. The lowest BCUT2D eigenvalue weighted by molar-refractivity contribution is 0.284. The molecule has 0 aromatic heterocycles.